The smallest absolute Gasteiger partial charge is 0.302 e. The van der Waals surface area contributed by atoms with Crippen LogP contribution < -0.4 is 0 Å². The lowest BCUT2D eigenvalue weighted by molar-refractivity contribution is -0.137. The van der Waals surface area contributed by atoms with Gasteiger partial charge in [0, 0.05) is 13.1 Å². The van der Waals surface area contributed by atoms with E-state index in [1.165, 1.54) is 12.1 Å². The lowest BCUT2D eigenvalue weighted by atomic mass is 9.99. The Bertz CT molecular complexity index is 626. The van der Waals surface area contributed by atoms with Crippen LogP contribution >= 0.6 is 0 Å². The Morgan fingerprint density at radius 1 is 1.22 bits per heavy atom. The fraction of sp³-hybridized carbons (Fsp3) is 0.625. The highest BCUT2D eigenvalue weighted by Crippen LogP contribution is 2.30. The molecule has 2 rings (SSSR count). The number of nitrogens with zero attached hydrogens (tertiary/aromatic N) is 1. The van der Waals surface area contributed by atoms with E-state index in [2.05, 4.69) is 4.90 Å². The van der Waals surface area contributed by atoms with Crippen molar-refractivity contribution in [2.45, 2.75) is 37.6 Å². The first kappa shape index (κ1) is 18.3. The van der Waals surface area contributed by atoms with Crippen LogP contribution in [0, 0.1) is 0 Å². The van der Waals surface area contributed by atoms with Gasteiger partial charge in [0.2, 0.25) is 0 Å². The summed E-state index contributed by atoms with van der Waals surface area (Å²) in [6.45, 7) is 5.51. The van der Waals surface area contributed by atoms with Gasteiger partial charge in [-0.3, -0.25) is 0 Å². The summed E-state index contributed by atoms with van der Waals surface area (Å²) in [4.78, 5) is 2.09. The Labute approximate surface area is 135 Å². The minimum atomic E-state index is -4.32. The SMILES string of the molecule is C[C@H](CN1CC[C@H](C)S(=O)(=O)CC1)c1ccc(C(F)(F)F)cc1. The van der Waals surface area contributed by atoms with Crippen molar-refractivity contribution in [2.24, 2.45) is 0 Å². The average molecular weight is 349 g/mol. The number of halogens is 3. The van der Waals surface area contributed by atoms with Crippen molar-refractivity contribution in [1.82, 2.24) is 4.90 Å². The molecule has 0 saturated carbocycles. The molecule has 1 heterocycles. The monoisotopic (exact) mass is 349 g/mol. The molecule has 1 fully saturated rings. The predicted molar refractivity (Wildman–Crippen MR) is 84.2 cm³/mol. The van der Waals surface area contributed by atoms with Gasteiger partial charge in [0.25, 0.3) is 0 Å². The number of sulfone groups is 1. The number of rotatable bonds is 3. The van der Waals surface area contributed by atoms with Crippen molar-refractivity contribution in [3.8, 4) is 0 Å². The lowest BCUT2D eigenvalue weighted by Gasteiger charge is -2.24. The van der Waals surface area contributed by atoms with Gasteiger partial charge in [-0.2, -0.15) is 13.2 Å². The van der Waals surface area contributed by atoms with Gasteiger partial charge in [0.05, 0.1) is 16.6 Å². The Morgan fingerprint density at radius 3 is 2.39 bits per heavy atom. The summed E-state index contributed by atoms with van der Waals surface area (Å²) in [6.07, 6.45) is -3.72. The molecule has 1 aromatic rings. The fourth-order valence-corrected chi connectivity index (χ4v) is 4.17. The van der Waals surface area contributed by atoms with Crippen LogP contribution in [0.15, 0.2) is 24.3 Å². The normalized spacial score (nSPS) is 24.1. The molecule has 0 radical (unpaired) electrons. The van der Waals surface area contributed by atoms with Crippen LogP contribution in [-0.2, 0) is 16.0 Å². The third-order valence-corrected chi connectivity index (χ3v) is 6.71. The maximum Gasteiger partial charge on any atom is 0.416 e. The van der Waals surface area contributed by atoms with Crippen LogP contribution in [0.2, 0.25) is 0 Å². The van der Waals surface area contributed by atoms with E-state index in [9.17, 15) is 21.6 Å². The van der Waals surface area contributed by atoms with Gasteiger partial charge in [-0.15, -0.1) is 0 Å². The Hall–Kier alpha value is -1.08. The zero-order valence-corrected chi connectivity index (χ0v) is 14.1. The van der Waals surface area contributed by atoms with Crippen LogP contribution in [0.3, 0.4) is 0 Å². The second-order valence-corrected chi connectivity index (χ2v) is 8.83. The zero-order chi connectivity index (χ0) is 17.3. The van der Waals surface area contributed by atoms with Gasteiger partial charge in [-0.05, 0) is 43.5 Å². The van der Waals surface area contributed by atoms with Crippen molar-refractivity contribution >= 4 is 9.84 Å². The van der Waals surface area contributed by atoms with Crippen molar-refractivity contribution in [2.75, 3.05) is 25.4 Å². The number of hydrogen-bond acceptors (Lipinski definition) is 3. The van der Waals surface area contributed by atoms with Crippen molar-refractivity contribution in [1.29, 1.82) is 0 Å². The van der Waals surface area contributed by atoms with E-state index in [-0.39, 0.29) is 16.9 Å². The molecule has 0 bridgehead atoms. The topological polar surface area (TPSA) is 37.4 Å². The molecule has 23 heavy (non-hydrogen) atoms. The molecule has 0 amide bonds. The summed E-state index contributed by atoms with van der Waals surface area (Å²) in [5.74, 6) is 0.196. The van der Waals surface area contributed by atoms with E-state index in [1.54, 1.807) is 6.92 Å². The molecule has 0 unspecified atom stereocenters. The van der Waals surface area contributed by atoms with Crippen LogP contribution in [-0.4, -0.2) is 44.0 Å². The second kappa shape index (κ2) is 6.81. The van der Waals surface area contributed by atoms with E-state index in [0.29, 0.717) is 26.1 Å². The maximum atomic E-state index is 12.6. The molecule has 3 nitrogen and oxygen atoms in total. The molecule has 0 aliphatic carbocycles. The highest BCUT2D eigenvalue weighted by molar-refractivity contribution is 7.92. The molecule has 1 aliphatic rings. The molecule has 1 aliphatic heterocycles. The Balaban J connectivity index is 2.00. The van der Waals surface area contributed by atoms with Crippen LogP contribution in [0.1, 0.15) is 37.3 Å². The van der Waals surface area contributed by atoms with Crippen molar-refractivity contribution < 1.29 is 21.6 Å². The molecule has 0 spiro atoms. The first-order valence-corrected chi connectivity index (χ1v) is 9.42. The fourth-order valence-electron chi connectivity index (χ4n) is 2.79. The molecule has 7 heteroatoms. The molecule has 0 N–H and O–H groups in total. The Morgan fingerprint density at radius 2 is 1.83 bits per heavy atom. The van der Waals surface area contributed by atoms with Crippen molar-refractivity contribution in [3.05, 3.63) is 35.4 Å². The minimum Gasteiger partial charge on any atom is -0.302 e. The van der Waals surface area contributed by atoms with Crippen molar-refractivity contribution in [3.63, 3.8) is 0 Å². The highest BCUT2D eigenvalue weighted by atomic mass is 32.2. The predicted octanol–water partition coefficient (Wildman–Crippen LogP) is 3.32. The van der Waals surface area contributed by atoms with Gasteiger partial charge >= 0.3 is 6.18 Å². The largest absolute Gasteiger partial charge is 0.416 e. The quantitative estimate of drug-likeness (QED) is 0.840. The summed E-state index contributed by atoms with van der Waals surface area (Å²) in [5.41, 5.74) is 0.182. The standard InChI is InChI=1S/C16H22F3NO2S/c1-12(14-3-5-15(6-4-14)16(17,18)19)11-20-8-7-13(2)23(21,22)10-9-20/h3-6,12-13H,7-11H2,1-2H3/t12-,13+/m1/s1. The molecule has 1 aromatic carbocycles. The third kappa shape index (κ3) is 4.70. The number of hydrogen-bond donors (Lipinski definition) is 0. The summed E-state index contributed by atoms with van der Waals surface area (Å²) in [7, 11) is -3.02. The molecule has 0 aromatic heterocycles. The summed E-state index contributed by atoms with van der Waals surface area (Å²) >= 11 is 0. The molecule has 130 valence electrons. The van der Waals surface area contributed by atoms with E-state index < -0.39 is 21.6 Å². The lowest BCUT2D eigenvalue weighted by Crippen LogP contribution is -2.30. The van der Waals surface area contributed by atoms with Gasteiger partial charge in [0.15, 0.2) is 9.84 Å². The first-order chi connectivity index (χ1) is 10.6. The number of benzene rings is 1. The number of alkyl halides is 3. The minimum absolute atomic E-state index is 0.0494. The summed E-state index contributed by atoms with van der Waals surface area (Å²) < 4.78 is 61.6. The molecule has 2 atom stereocenters. The summed E-state index contributed by atoms with van der Waals surface area (Å²) in [5, 5.41) is -0.325. The highest BCUT2D eigenvalue weighted by Gasteiger charge is 2.30. The second-order valence-electron chi connectivity index (χ2n) is 6.29. The Kier molecular flexibility index (Phi) is 5.41. The van der Waals surface area contributed by atoms with Gasteiger partial charge in [-0.1, -0.05) is 19.1 Å². The van der Waals surface area contributed by atoms with Gasteiger partial charge in [-0.25, -0.2) is 8.42 Å². The molecular weight excluding hydrogens is 327 g/mol. The van der Waals surface area contributed by atoms with Crippen LogP contribution in [0.25, 0.3) is 0 Å². The van der Waals surface area contributed by atoms with E-state index >= 15 is 0 Å². The summed E-state index contributed by atoms with van der Waals surface area (Å²) in [6, 6.07) is 5.21. The third-order valence-electron chi connectivity index (χ3n) is 4.50. The molecular formula is C16H22F3NO2S. The first-order valence-electron chi connectivity index (χ1n) is 7.70. The maximum absolute atomic E-state index is 12.6. The zero-order valence-electron chi connectivity index (χ0n) is 13.3. The molecule has 1 saturated heterocycles. The average Bonchev–Trinajstić information content (AvgIpc) is 2.59. The van der Waals surface area contributed by atoms with E-state index in [0.717, 1.165) is 17.7 Å². The van der Waals surface area contributed by atoms with Crippen LogP contribution in [0.4, 0.5) is 13.2 Å². The van der Waals surface area contributed by atoms with E-state index in [4.69, 9.17) is 0 Å². The van der Waals surface area contributed by atoms with Gasteiger partial charge < -0.3 is 4.90 Å². The van der Waals surface area contributed by atoms with E-state index in [1.807, 2.05) is 6.92 Å². The van der Waals surface area contributed by atoms with Crippen LogP contribution in [0.5, 0.6) is 0 Å². The van der Waals surface area contributed by atoms with Gasteiger partial charge in [0.1, 0.15) is 0 Å².